The van der Waals surface area contributed by atoms with Crippen molar-refractivity contribution in [3.8, 4) is 23.0 Å². The molecule has 12 nitrogen and oxygen atoms in total. The molecule has 0 heterocycles. The monoisotopic (exact) mass is 466 g/mol. The molecule has 0 aliphatic heterocycles. The second-order valence-corrected chi connectivity index (χ2v) is 6.61. The maximum Gasteiger partial charge on any atom is 0.318 e. The quantitative estimate of drug-likeness (QED) is 0.281. The normalized spacial score (nSPS) is 10.5. The predicted molar refractivity (Wildman–Crippen MR) is 121 cm³/mol. The van der Waals surface area contributed by atoms with Crippen molar-refractivity contribution in [1.82, 2.24) is 5.43 Å². The van der Waals surface area contributed by atoms with Crippen LogP contribution in [0.15, 0.2) is 65.8 Å². The minimum Gasteiger partial charge on any atom is -0.497 e. The Morgan fingerprint density at radius 1 is 0.912 bits per heavy atom. The summed E-state index contributed by atoms with van der Waals surface area (Å²) in [5, 5.41) is 26.1. The highest BCUT2D eigenvalue weighted by Gasteiger charge is 2.22. The van der Waals surface area contributed by atoms with Gasteiger partial charge in [0.15, 0.2) is 11.5 Å². The van der Waals surface area contributed by atoms with Gasteiger partial charge < -0.3 is 14.2 Å². The molecule has 0 aliphatic carbocycles. The minimum atomic E-state index is -0.777. The molecule has 34 heavy (non-hydrogen) atoms. The zero-order valence-electron chi connectivity index (χ0n) is 18.0. The highest BCUT2D eigenvalue weighted by atomic mass is 16.6. The lowest BCUT2D eigenvalue weighted by atomic mass is 10.2. The van der Waals surface area contributed by atoms with Gasteiger partial charge in [-0.25, -0.2) is 5.43 Å². The summed E-state index contributed by atoms with van der Waals surface area (Å²) in [4.78, 5) is 32.9. The number of hydrogen-bond acceptors (Lipinski definition) is 9. The molecule has 0 aromatic heterocycles. The lowest BCUT2D eigenvalue weighted by Crippen LogP contribution is -2.17. The molecule has 3 aromatic carbocycles. The Labute approximate surface area is 192 Å². The molecule has 0 atom stereocenters. The van der Waals surface area contributed by atoms with E-state index in [1.165, 1.54) is 32.6 Å². The van der Waals surface area contributed by atoms with E-state index in [1.54, 1.807) is 30.3 Å². The highest BCUT2D eigenvalue weighted by molar-refractivity contribution is 5.95. The SMILES string of the molecule is COc1cccc(C(=O)N/N=C\c2ccc(Oc3ccc([N+](=O)[O-])cc3[N+](=O)[O-])c(OC)c2)c1. The fourth-order valence-corrected chi connectivity index (χ4v) is 2.81. The largest absolute Gasteiger partial charge is 0.497 e. The maximum atomic E-state index is 12.2. The number of hydrazone groups is 1. The van der Waals surface area contributed by atoms with Crippen molar-refractivity contribution in [3.05, 3.63) is 92.0 Å². The number of nitro groups is 2. The van der Waals surface area contributed by atoms with E-state index in [9.17, 15) is 25.0 Å². The standard InChI is InChI=1S/C22H18N4O8/c1-32-17-5-3-4-15(11-17)22(27)24-23-13-14-6-8-20(21(10-14)33-2)34-19-9-7-16(25(28)29)12-18(19)26(30)31/h3-13H,1-2H3,(H,24,27)/b23-13-. The lowest BCUT2D eigenvalue weighted by molar-refractivity contribution is -0.394. The fraction of sp³-hybridized carbons (Fsp3) is 0.0909. The van der Waals surface area contributed by atoms with Crippen LogP contribution in [-0.4, -0.2) is 36.2 Å². The number of amides is 1. The number of non-ortho nitro benzene ring substituents is 1. The average Bonchev–Trinajstić information content (AvgIpc) is 2.84. The Hall–Kier alpha value is -5.00. The van der Waals surface area contributed by atoms with Crippen LogP contribution in [0.25, 0.3) is 0 Å². The summed E-state index contributed by atoms with van der Waals surface area (Å²) < 4.78 is 15.9. The third kappa shape index (κ3) is 5.62. The van der Waals surface area contributed by atoms with Crippen molar-refractivity contribution < 1.29 is 28.9 Å². The highest BCUT2D eigenvalue weighted by Crippen LogP contribution is 2.38. The van der Waals surface area contributed by atoms with Gasteiger partial charge >= 0.3 is 5.69 Å². The molecule has 1 N–H and O–H groups in total. The summed E-state index contributed by atoms with van der Waals surface area (Å²) in [7, 11) is 2.87. The molecular formula is C22H18N4O8. The van der Waals surface area contributed by atoms with Crippen LogP contribution in [0.2, 0.25) is 0 Å². The number of ether oxygens (including phenoxy) is 3. The molecule has 0 saturated heterocycles. The van der Waals surface area contributed by atoms with Crippen molar-refractivity contribution in [2.75, 3.05) is 14.2 Å². The molecule has 0 radical (unpaired) electrons. The molecule has 0 fully saturated rings. The van der Waals surface area contributed by atoms with Crippen molar-refractivity contribution in [2.24, 2.45) is 5.10 Å². The number of rotatable bonds is 9. The van der Waals surface area contributed by atoms with Gasteiger partial charge in [0.2, 0.25) is 5.75 Å². The van der Waals surface area contributed by atoms with Gasteiger partial charge in [-0.1, -0.05) is 6.07 Å². The molecule has 3 rings (SSSR count). The van der Waals surface area contributed by atoms with Gasteiger partial charge in [0, 0.05) is 11.6 Å². The number of benzene rings is 3. The molecular weight excluding hydrogens is 448 g/mol. The molecule has 0 spiro atoms. The second-order valence-electron chi connectivity index (χ2n) is 6.61. The van der Waals surface area contributed by atoms with E-state index >= 15 is 0 Å². The zero-order chi connectivity index (χ0) is 24.7. The van der Waals surface area contributed by atoms with Crippen LogP contribution in [0.4, 0.5) is 11.4 Å². The number of nitro benzene ring substituents is 2. The maximum absolute atomic E-state index is 12.2. The van der Waals surface area contributed by atoms with Crippen molar-refractivity contribution in [3.63, 3.8) is 0 Å². The molecule has 0 bridgehead atoms. The van der Waals surface area contributed by atoms with Crippen LogP contribution in [0, 0.1) is 20.2 Å². The topological polar surface area (TPSA) is 155 Å². The molecule has 12 heteroatoms. The summed E-state index contributed by atoms with van der Waals surface area (Å²) in [6, 6.07) is 14.2. The predicted octanol–water partition coefficient (Wildman–Crippen LogP) is 4.08. The number of methoxy groups -OCH3 is 2. The lowest BCUT2D eigenvalue weighted by Gasteiger charge is -2.11. The Bertz CT molecular complexity index is 1280. The summed E-state index contributed by atoms with van der Waals surface area (Å²) in [6.07, 6.45) is 1.37. The third-order valence-electron chi connectivity index (χ3n) is 4.47. The summed E-state index contributed by atoms with van der Waals surface area (Å²) in [6.45, 7) is 0. The van der Waals surface area contributed by atoms with Gasteiger partial charge in [0.1, 0.15) is 5.75 Å². The molecule has 174 valence electrons. The van der Waals surface area contributed by atoms with Gasteiger partial charge in [0.05, 0.1) is 36.3 Å². The summed E-state index contributed by atoms with van der Waals surface area (Å²) >= 11 is 0. The smallest absolute Gasteiger partial charge is 0.318 e. The van der Waals surface area contributed by atoms with Gasteiger partial charge in [-0.05, 0) is 48.0 Å². The van der Waals surface area contributed by atoms with Crippen LogP contribution >= 0.6 is 0 Å². The third-order valence-corrected chi connectivity index (χ3v) is 4.47. The Morgan fingerprint density at radius 2 is 1.68 bits per heavy atom. The van der Waals surface area contributed by atoms with Gasteiger partial charge in [-0.2, -0.15) is 5.10 Å². The number of carbonyl (C=O) groups is 1. The van der Waals surface area contributed by atoms with Crippen LogP contribution in [-0.2, 0) is 0 Å². The van der Waals surface area contributed by atoms with E-state index in [0.29, 0.717) is 16.9 Å². The van der Waals surface area contributed by atoms with Crippen LogP contribution in [0.1, 0.15) is 15.9 Å². The van der Waals surface area contributed by atoms with Crippen LogP contribution in [0.3, 0.4) is 0 Å². The minimum absolute atomic E-state index is 0.136. The van der Waals surface area contributed by atoms with E-state index in [4.69, 9.17) is 14.2 Å². The first-order chi connectivity index (χ1) is 16.3. The number of nitrogens with zero attached hydrogens (tertiary/aromatic N) is 3. The van der Waals surface area contributed by atoms with Crippen LogP contribution < -0.4 is 19.6 Å². The number of carbonyl (C=O) groups excluding carboxylic acids is 1. The molecule has 0 unspecified atom stereocenters. The van der Waals surface area contributed by atoms with E-state index in [1.807, 2.05) is 0 Å². The first-order valence-electron chi connectivity index (χ1n) is 9.58. The van der Waals surface area contributed by atoms with Crippen molar-refractivity contribution >= 4 is 23.5 Å². The summed E-state index contributed by atoms with van der Waals surface area (Å²) in [5.41, 5.74) is 2.29. The van der Waals surface area contributed by atoms with Gasteiger partial charge in [0.25, 0.3) is 11.6 Å². The average molecular weight is 466 g/mol. The van der Waals surface area contributed by atoms with E-state index in [2.05, 4.69) is 10.5 Å². The molecule has 0 aliphatic rings. The van der Waals surface area contributed by atoms with Crippen molar-refractivity contribution in [1.29, 1.82) is 0 Å². The number of nitrogens with one attached hydrogen (secondary N) is 1. The van der Waals surface area contributed by atoms with E-state index in [0.717, 1.165) is 18.2 Å². The Morgan fingerprint density at radius 3 is 2.35 bits per heavy atom. The van der Waals surface area contributed by atoms with Gasteiger partial charge in [-0.3, -0.25) is 25.0 Å². The van der Waals surface area contributed by atoms with E-state index in [-0.39, 0.29) is 17.2 Å². The fourth-order valence-electron chi connectivity index (χ4n) is 2.81. The summed E-state index contributed by atoms with van der Waals surface area (Å²) in [5.74, 6) is 0.256. The molecule has 0 saturated carbocycles. The first-order valence-corrected chi connectivity index (χ1v) is 9.58. The number of hydrogen-bond donors (Lipinski definition) is 1. The first kappa shape index (κ1) is 23.7. The van der Waals surface area contributed by atoms with Gasteiger partial charge in [-0.15, -0.1) is 0 Å². The zero-order valence-corrected chi connectivity index (χ0v) is 18.0. The Kier molecular flexibility index (Phi) is 7.34. The molecule has 3 aromatic rings. The Balaban J connectivity index is 1.76. The van der Waals surface area contributed by atoms with E-state index < -0.39 is 27.1 Å². The molecule has 1 amide bonds. The van der Waals surface area contributed by atoms with Crippen molar-refractivity contribution in [2.45, 2.75) is 0 Å². The second kappa shape index (κ2) is 10.5. The van der Waals surface area contributed by atoms with Crippen LogP contribution in [0.5, 0.6) is 23.0 Å².